The number of hydrogen-bond acceptors (Lipinski definition) is 4. The molecule has 3 heterocycles. The van der Waals surface area contributed by atoms with E-state index in [-0.39, 0.29) is 30.2 Å². The number of fused-ring (bicyclic) bond motifs is 1. The van der Waals surface area contributed by atoms with E-state index in [1.54, 1.807) is 21.7 Å². The third kappa shape index (κ3) is 3.15. The molecule has 1 aliphatic heterocycles. The molecule has 3 aromatic rings. The van der Waals surface area contributed by atoms with Crippen molar-refractivity contribution in [3.63, 3.8) is 0 Å². The highest BCUT2D eigenvalue weighted by atomic mass is 35.5. The predicted molar refractivity (Wildman–Crippen MR) is 99.4 cm³/mol. The van der Waals surface area contributed by atoms with Gasteiger partial charge in [-0.2, -0.15) is 5.10 Å². The largest absolute Gasteiger partial charge is 0.336 e. The molecule has 0 unspecified atom stereocenters. The van der Waals surface area contributed by atoms with Crippen LogP contribution in [0.3, 0.4) is 0 Å². The molecule has 0 aliphatic carbocycles. The summed E-state index contributed by atoms with van der Waals surface area (Å²) in [6.45, 7) is 3.22. The lowest BCUT2D eigenvalue weighted by atomic mass is 10.3. The fourth-order valence-corrected chi connectivity index (χ4v) is 4.19. The van der Waals surface area contributed by atoms with Crippen molar-refractivity contribution in [2.75, 3.05) is 13.1 Å². The zero-order chi connectivity index (χ0) is 16.8. The Kier molecular flexibility index (Phi) is 4.81. The van der Waals surface area contributed by atoms with E-state index in [0.29, 0.717) is 18.0 Å². The number of amides is 1. The van der Waals surface area contributed by atoms with Gasteiger partial charge < -0.3 is 10.6 Å². The first-order valence-corrected chi connectivity index (χ1v) is 8.64. The molecule has 0 spiro atoms. The molecule has 5 nitrogen and oxygen atoms in total. The number of nitrogens with zero attached hydrogens (tertiary/aromatic N) is 3. The maximum absolute atomic E-state index is 13.1. The molecule has 1 amide bonds. The van der Waals surface area contributed by atoms with Crippen molar-refractivity contribution >= 4 is 39.9 Å². The van der Waals surface area contributed by atoms with Gasteiger partial charge in [0.1, 0.15) is 10.6 Å². The van der Waals surface area contributed by atoms with Crippen LogP contribution in [-0.2, 0) is 0 Å². The van der Waals surface area contributed by atoms with Gasteiger partial charge in [0.2, 0.25) is 0 Å². The first kappa shape index (κ1) is 17.8. The molecule has 0 radical (unpaired) electrons. The molecular weight excluding hydrogens is 363 g/mol. The maximum atomic E-state index is 13.1. The molecule has 2 aromatic heterocycles. The molecule has 1 atom stereocenters. The summed E-state index contributed by atoms with van der Waals surface area (Å²) in [5, 5.41) is 5.47. The van der Waals surface area contributed by atoms with Crippen LogP contribution in [0.1, 0.15) is 21.8 Å². The summed E-state index contributed by atoms with van der Waals surface area (Å²) in [4.78, 5) is 16.1. The zero-order valence-electron chi connectivity index (χ0n) is 13.6. The summed E-state index contributed by atoms with van der Waals surface area (Å²) in [5.41, 5.74) is 7.52. The molecule has 1 saturated heterocycles. The molecule has 0 bridgehead atoms. The van der Waals surface area contributed by atoms with Crippen LogP contribution in [0.2, 0.25) is 0 Å². The smallest absolute Gasteiger partial charge is 0.264 e. The molecule has 8 heteroatoms. The Morgan fingerprint density at radius 2 is 2.08 bits per heavy atom. The van der Waals surface area contributed by atoms with Gasteiger partial charge in [-0.05, 0) is 43.7 Å². The SMILES string of the molecule is Cc1nn(-c2ccc(F)cc2)c2sc(C(=O)N3CC[C@@H](N)C3)cc12.Cl. The fourth-order valence-electron chi connectivity index (χ4n) is 3.04. The number of halogens is 2. The maximum Gasteiger partial charge on any atom is 0.264 e. The summed E-state index contributed by atoms with van der Waals surface area (Å²) in [6, 6.07) is 8.14. The van der Waals surface area contributed by atoms with Gasteiger partial charge in [-0.15, -0.1) is 23.7 Å². The summed E-state index contributed by atoms with van der Waals surface area (Å²) < 4.78 is 14.9. The van der Waals surface area contributed by atoms with Gasteiger partial charge in [0.25, 0.3) is 5.91 Å². The van der Waals surface area contributed by atoms with Crippen molar-refractivity contribution in [2.24, 2.45) is 5.73 Å². The van der Waals surface area contributed by atoms with Crippen LogP contribution < -0.4 is 5.73 Å². The first-order valence-electron chi connectivity index (χ1n) is 7.83. The Labute approximate surface area is 154 Å². The number of likely N-dealkylation sites (tertiary alicyclic amines) is 1. The minimum atomic E-state index is -0.286. The normalized spacial score (nSPS) is 17.1. The van der Waals surface area contributed by atoms with Gasteiger partial charge in [-0.25, -0.2) is 9.07 Å². The Morgan fingerprint density at radius 3 is 2.72 bits per heavy atom. The van der Waals surface area contributed by atoms with Crippen molar-refractivity contribution in [1.29, 1.82) is 0 Å². The lowest BCUT2D eigenvalue weighted by molar-refractivity contribution is 0.0795. The number of aryl methyl sites for hydroxylation is 1. The third-order valence-corrected chi connectivity index (χ3v) is 5.44. The van der Waals surface area contributed by atoms with E-state index in [4.69, 9.17) is 5.73 Å². The van der Waals surface area contributed by atoms with Crippen molar-refractivity contribution in [1.82, 2.24) is 14.7 Å². The standard InChI is InChI=1S/C17H17FN4OS.ClH/c1-10-14-8-15(16(23)21-7-6-12(19)9-21)24-17(14)22(20-10)13-4-2-11(18)3-5-13;/h2-5,8,12H,6-7,9,19H2,1H3;1H/t12-;/m1./s1. The van der Waals surface area contributed by atoms with E-state index in [1.807, 2.05) is 13.0 Å². The molecule has 25 heavy (non-hydrogen) atoms. The van der Waals surface area contributed by atoms with Gasteiger partial charge >= 0.3 is 0 Å². The number of benzene rings is 1. The minimum Gasteiger partial charge on any atom is -0.336 e. The van der Waals surface area contributed by atoms with Crippen molar-refractivity contribution in [3.05, 3.63) is 46.7 Å². The number of thiophene rings is 1. The number of carbonyl (C=O) groups excluding carboxylic acids is 1. The second kappa shape index (κ2) is 6.74. The van der Waals surface area contributed by atoms with Crippen LogP contribution in [0.15, 0.2) is 30.3 Å². The van der Waals surface area contributed by atoms with Gasteiger partial charge in [0.15, 0.2) is 0 Å². The number of rotatable bonds is 2. The number of nitrogens with two attached hydrogens (primary N) is 1. The second-order valence-corrected chi connectivity index (χ2v) is 7.13. The topological polar surface area (TPSA) is 64.2 Å². The van der Waals surface area contributed by atoms with E-state index >= 15 is 0 Å². The highest BCUT2D eigenvalue weighted by Crippen LogP contribution is 2.31. The Bertz CT molecular complexity index is 921. The van der Waals surface area contributed by atoms with Crippen molar-refractivity contribution < 1.29 is 9.18 Å². The van der Waals surface area contributed by atoms with Crippen LogP contribution in [0.5, 0.6) is 0 Å². The molecule has 1 aromatic carbocycles. The monoisotopic (exact) mass is 380 g/mol. The highest BCUT2D eigenvalue weighted by Gasteiger charge is 2.26. The van der Waals surface area contributed by atoms with Gasteiger partial charge in [-0.1, -0.05) is 0 Å². The summed E-state index contributed by atoms with van der Waals surface area (Å²) in [7, 11) is 0. The van der Waals surface area contributed by atoms with Gasteiger partial charge in [-0.3, -0.25) is 4.79 Å². The molecule has 0 saturated carbocycles. The summed E-state index contributed by atoms with van der Waals surface area (Å²) in [6.07, 6.45) is 0.846. The summed E-state index contributed by atoms with van der Waals surface area (Å²) >= 11 is 1.41. The predicted octanol–water partition coefficient (Wildman–Crippen LogP) is 3.13. The average Bonchev–Trinajstić information content (AvgIpc) is 3.25. The van der Waals surface area contributed by atoms with Crippen LogP contribution in [0, 0.1) is 12.7 Å². The number of aromatic nitrogens is 2. The quantitative estimate of drug-likeness (QED) is 0.742. The average molecular weight is 381 g/mol. The van der Waals surface area contributed by atoms with E-state index < -0.39 is 0 Å². The van der Waals surface area contributed by atoms with Crippen molar-refractivity contribution in [3.8, 4) is 5.69 Å². The van der Waals surface area contributed by atoms with E-state index in [0.717, 1.165) is 28.0 Å². The molecule has 132 valence electrons. The lowest BCUT2D eigenvalue weighted by Crippen LogP contribution is -2.31. The Hall–Kier alpha value is -1.96. The van der Waals surface area contributed by atoms with Crippen LogP contribution in [-0.4, -0.2) is 39.7 Å². The second-order valence-electron chi connectivity index (χ2n) is 6.10. The van der Waals surface area contributed by atoms with Crippen LogP contribution >= 0.6 is 23.7 Å². The lowest BCUT2D eigenvalue weighted by Gasteiger charge is -2.14. The summed E-state index contributed by atoms with van der Waals surface area (Å²) in [5.74, 6) is -0.263. The van der Waals surface area contributed by atoms with Crippen LogP contribution in [0.4, 0.5) is 4.39 Å². The highest BCUT2D eigenvalue weighted by molar-refractivity contribution is 7.20. The van der Waals surface area contributed by atoms with E-state index in [2.05, 4.69) is 5.10 Å². The molecule has 4 rings (SSSR count). The number of hydrogen-bond donors (Lipinski definition) is 1. The van der Waals surface area contributed by atoms with Gasteiger partial charge in [0, 0.05) is 24.5 Å². The minimum absolute atomic E-state index is 0. The van der Waals surface area contributed by atoms with E-state index in [1.165, 1.54) is 23.5 Å². The van der Waals surface area contributed by atoms with Gasteiger partial charge in [0.05, 0.1) is 16.3 Å². The van der Waals surface area contributed by atoms with Crippen molar-refractivity contribution in [2.45, 2.75) is 19.4 Å². The molecule has 1 aliphatic rings. The molecular formula is C17H18ClFN4OS. The Morgan fingerprint density at radius 1 is 1.36 bits per heavy atom. The zero-order valence-corrected chi connectivity index (χ0v) is 15.2. The fraction of sp³-hybridized carbons (Fsp3) is 0.294. The van der Waals surface area contributed by atoms with E-state index in [9.17, 15) is 9.18 Å². The third-order valence-electron chi connectivity index (χ3n) is 4.34. The first-order chi connectivity index (χ1) is 11.5. The molecule has 1 fully saturated rings. The Balaban J connectivity index is 0.00000182. The molecule has 2 N–H and O–H groups in total. The number of carbonyl (C=O) groups is 1. The van der Waals surface area contributed by atoms with Crippen LogP contribution in [0.25, 0.3) is 15.9 Å².